The predicted octanol–water partition coefficient (Wildman–Crippen LogP) is 2.34. The first-order valence-corrected chi connectivity index (χ1v) is 9.59. The molecule has 2 heterocycles. The SMILES string of the molecule is C/C=C(/C)C(=O)OC1C23O[C@@]2(C[C@H]2CC[C@H](O)[C@H](C)[C@@]12C)OC(=O)[C@H]3C. The lowest BCUT2D eigenvalue weighted by molar-refractivity contribution is -0.192. The summed E-state index contributed by atoms with van der Waals surface area (Å²) in [5, 5.41) is 10.6. The van der Waals surface area contributed by atoms with Crippen LogP contribution in [0.4, 0.5) is 0 Å². The van der Waals surface area contributed by atoms with Crippen molar-refractivity contribution in [3.05, 3.63) is 11.6 Å². The zero-order valence-electron chi connectivity index (χ0n) is 16.1. The summed E-state index contributed by atoms with van der Waals surface area (Å²) in [7, 11) is 0. The van der Waals surface area contributed by atoms with E-state index >= 15 is 0 Å². The Kier molecular flexibility index (Phi) is 3.68. The molecule has 1 N–H and O–H groups in total. The van der Waals surface area contributed by atoms with Gasteiger partial charge in [0, 0.05) is 17.4 Å². The fourth-order valence-electron chi connectivity index (χ4n) is 5.73. The van der Waals surface area contributed by atoms with Crippen LogP contribution in [0.1, 0.15) is 53.9 Å². The summed E-state index contributed by atoms with van der Waals surface area (Å²) >= 11 is 0. The first-order valence-electron chi connectivity index (χ1n) is 9.59. The molecule has 0 aromatic carbocycles. The van der Waals surface area contributed by atoms with Crippen molar-refractivity contribution in [3.63, 3.8) is 0 Å². The van der Waals surface area contributed by atoms with E-state index in [9.17, 15) is 14.7 Å². The van der Waals surface area contributed by atoms with Gasteiger partial charge in [0.2, 0.25) is 5.79 Å². The number of allylic oxidation sites excluding steroid dienone is 1. The number of aliphatic hydroxyl groups excluding tert-OH is 1. The summed E-state index contributed by atoms with van der Waals surface area (Å²) in [6, 6.07) is 0. The maximum atomic E-state index is 12.6. The number of rotatable bonds is 2. The van der Waals surface area contributed by atoms with E-state index in [2.05, 4.69) is 6.92 Å². The van der Waals surface area contributed by atoms with Crippen LogP contribution in [0.5, 0.6) is 0 Å². The number of hydrogen-bond donors (Lipinski definition) is 1. The molecule has 0 radical (unpaired) electrons. The number of esters is 2. The van der Waals surface area contributed by atoms with Crippen LogP contribution >= 0.6 is 0 Å². The van der Waals surface area contributed by atoms with Crippen molar-refractivity contribution in [3.8, 4) is 0 Å². The van der Waals surface area contributed by atoms with Crippen LogP contribution in [0.15, 0.2) is 11.6 Å². The summed E-state index contributed by atoms with van der Waals surface area (Å²) in [4.78, 5) is 25.0. The largest absolute Gasteiger partial charge is 0.455 e. The summed E-state index contributed by atoms with van der Waals surface area (Å²) in [6.07, 6.45) is 2.71. The second-order valence-electron chi connectivity index (χ2n) is 8.75. The van der Waals surface area contributed by atoms with Crippen LogP contribution in [0.25, 0.3) is 0 Å². The molecule has 8 atom stereocenters. The van der Waals surface area contributed by atoms with E-state index in [-0.39, 0.29) is 17.8 Å². The molecule has 0 aromatic heterocycles. The van der Waals surface area contributed by atoms with Crippen molar-refractivity contribution in [1.82, 2.24) is 0 Å². The van der Waals surface area contributed by atoms with Crippen LogP contribution in [0.3, 0.4) is 0 Å². The third-order valence-electron chi connectivity index (χ3n) is 7.85. The third-order valence-corrected chi connectivity index (χ3v) is 7.85. The smallest absolute Gasteiger partial charge is 0.333 e. The first-order chi connectivity index (χ1) is 12.1. The van der Waals surface area contributed by atoms with E-state index in [1.807, 2.05) is 6.92 Å². The minimum Gasteiger partial charge on any atom is -0.455 e. The number of carbonyl (C=O) groups is 2. The minimum absolute atomic E-state index is 0.0792. The highest BCUT2D eigenvalue weighted by atomic mass is 16.8. The Morgan fingerprint density at radius 3 is 2.69 bits per heavy atom. The zero-order chi connectivity index (χ0) is 19.1. The molecule has 6 heteroatoms. The van der Waals surface area contributed by atoms with Gasteiger partial charge in [-0.05, 0) is 45.4 Å². The molecule has 2 saturated heterocycles. The maximum Gasteiger partial charge on any atom is 0.333 e. The normalized spacial score (nSPS) is 52.5. The van der Waals surface area contributed by atoms with E-state index in [0.29, 0.717) is 18.4 Å². The van der Waals surface area contributed by atoms with Crippen molar-refractivity contribution >= 4 is 11.9 Å². The average Bonchev–Trinajstić information content (AvgIpc) is 3.21. The van der Waals surface area contributed by atoms with Gasteiger partial charge in [-0.2, -0.15) is 0 Å². The Bertz CT molecular complexity index is 700. The highest BCUT2D eigenvalue weighted by Crippen LogP contribution is 2.74. The number of hydrogen-bond acceptors (Lipinski definition) is 6. The Hall–Kier alpha value is -1.40. The second-order valence-corrected chi connectivity index (χ2v) is 8.75. The van der Waals surface area contributed by atoms with Gasteiger partial charge in [-0.25, -0.2) is 4.79 Å². The van der Waals surface area contributed by atoms with E-state index in [1.54, 1.807) is 26.8 Å². The Morgan fingerprint density at radius 2 is 2.04 bits per heavy atom. The van der Waals surface area contributed by atoms with Crippen LogP contribution in [0, 0.1) is 23.2 Å². The molecule has 6 nitrogen and oxygen atoms in total. The minimum atomic E-state index is -0.968. The van der Waals surface area contributed by atoms with Gasteiger partial charge in [-0.15, -0.1) is 0 Å². The molecule has 0 aromatic rings. The highest BCUT2D eigenvalue weighted by Gasteiger charge is 2.91. The number of epoxide rings is 1. The maximum absolute atomic E-state index is 12.6. The molecule has 2 aliphatic carbocycles. The van der Waals surface area contributed by atoms with E-state index in [1.165, 1.54) is 0 Å². The molecule has 0 amide bonds. The van der Waals surface area contributed by atoms with Gasteiger partial charge in [0.25, 0.3) is 0 Å². The number of fused-ring (bicyclic) bond motifs is 1. The van der Waals surface area contributed by atoms with Gasteiger partial charge in [-0.1, -0.05) is 19.9 Å². The lowest BCUT2D eigenvalue weighted by Gasteiger charge is -2.55. The van der Waals surface area contributed by atoms with Crippen molar-refractivity contribution in [2.24, 2.45) is 23.2 Å². The van der Waals surface area contributed by atoms with Gasteiger partial charge in [0.1, 0.15) is 6.10 Å². The molecule has 4 aliphatic rings. The second kappa shape index (κ2) is 5.32. The van der Waals surface area contributed by atoms with E-state index in [4.69, 9.17) is 14.2 Å². The predicted molar refractivity (Wildman–Crippen MR) is 91.7 cm³/mol. The van der Waals surface area contributed by atoms with Gasteiger partial charge in [-0.3, -0.25) is 4.79 Å². The summed E-state index contributed by atoms with van der Waals surface area (Å²) in [5.41, 5.74) is -0.909. The molecule has 26 heavy (non-hydrogen) atoms. The molecule has 0 spiro atoms. The van der Waals surface area contributed by atoms with Crippen LogP contribution in [-0.2, 0) is 23.8 Å². The summed E-state index contributed by atoms with van der Waals surface area (Å²) < 4.78 is 17.8. The quantitative estimate of drug-likeness (QED) is 0.460. The van der Waals surface area contributed by atoms with E-state index < -0.39 is 40.9 Å². The molecule has 2 aliphatic heterocycles. The third kappa shape index (κ3) is 1.89. The van der Waals surface area contributed by atoms with Crippen molar-refractivity contribution in [2.45, 2.75) is 77.5 Å². The molecule has 4 rings (SSSR count). The van der Waals surface area contributed by atoms with E-state index in [0.717, 1.165) is 6.42 Å². The lowest BCUT2D eigenvalue weighted by Crippen LogP contribution is -2.63. The van der Waals surface area contributed by atoms with Gasteiger partial charge < -0.3 is 19.3 Å². The molecule has 0 bridgehead atoms. The van der Waals surface area contributed by atoms with Gasteiger partial charge in [0.15, 0.2) is 5.60 Å². The lowest BCUT2D eigenvalue weighted by atomic mass is 9.50. The monoisotopic (exact) mass is 364 g/mol. The summed E-state index contributed by atoms with van der Waals surface area (Å²) in [5.74, 6) is -2.10. The standard InChI is InChI=1S/C20H28O6/c1-6-10(2)15(22)24-17-18(5)11(3)14(21)8-7-13(18)9-19-20(17,26-19)12(4)16(23)25-19/h6,11-14,17,21H,7-9H2,1-5H3/b10-6-/t11-,12+,13+,14-,17?,18+,19+,20?/m0/s1. The van der Waals surface area contributed by atoms with Gasteiger partial charge >= 0.3 is 11.9 Å². The topological polar surface area (TPSA) is 85.4 Å². The molecule has 2 unspecified atom stereocenters. The Labute approximate surface area is 153 Å². The van der Waals surface area contributed by atoms with Crippen molar-refractivity contribution < 1.29 is 28.9 Å². The molecule has 4 fully saturated rings. The van der Waals surface area contributed by atoms with Crippen molar-refractivity contribution in [2.75, 3.05) is 0 Å². The molecule has 2 saturated carbocycles. The van der Waals surface area contributed by atoms with Crippen LogP contribution in [0.2, 0.25) is 0 Å². The first kappa shape index (κ1) is 18.0. The molecular formula is C20H28O6. The van der Waals surface area contributed by atoms with Crippen LogP contribution in [-0.4, -0.2) is 40.6 Å². The number of carbonyl (C=O) groups excluding carboxylic acids is 2. The average molecular weight is 364 g/mol. The molecule has 144 valence electrons. The van der Waals surface area contributed by atoms with Gasteiger partial charge in [0.05, 0.1) is 12.0 Å². The van der Waals surface area contributed by atoms with Crippen LogP contribution < -0.4 is 0 Å². The fraction of sp³-hybridized carbons (Fsp3) is 0.800. The summed E-state index contributed by atoms with van der Waals surface area (Å²) in [6.45, 7) is 9.37. The highest BCUT2D eigenvalue weighted by molar-refractivity contribution is 5.88. The number of aliphatic hydroxyl groups is 1. The zero-order valence-corrected chi connectivity index (χ0v) is 16.1. The molecular weight excluding hydrogens is 336 g/mol. The van der Waals surface area contributed by atoms with Crippen molar-refractivity contribution in [1.29, 1.82) is 0 Å². The Morgan fingerprint density at radius 1 is 1.35 bits per heavy atom. The number of ether oxygens (including phenoxy) is 3. The Balaban J connectivity index is 1.81. The fourth-order valence-corrected chi connectivity index (χ4v) is 5.73.